The number of aromatic nitrogens is 3. The Morgan fingerprint density at radius 3 is 2.94 bits per heavy atom. The van der Waals surface area contributed by atoms with Crippen LogP contribution in [0.1, 0.15) is 15.9 Å². The third-order valence-corrected chi connectivity index (χ3v) is 2.32. The van der Waals surface area contributed by atoms with Gasteiger partial charge in [-0.15, -0.1) is 0 Å². The lowest BCUT2D eigenvalue weighted by molar-refractivity contribution is 0.102. The van der Waals surface area contributed by atoms with Crippen LogP contribution in [-0.2, 0) is 0 Å². The number of nitrogens with zero attached hydrogens (tertiary/aromatic N) is 2. The minimum Gasteiger partial charge on any atom is -0.291 e. The Bertz CT molecular complexity index is 510. The maximum atomic E-state index is 11.8. The molecule has 0 bridgehead atoms. The number of halogens is 1. The topological polar surface area (TPSA) is 70.7 Å². The molecule has 1 aromatic carbocycles. The average molecular weight is 237 g/mol. The summed E-state index contributed by atoms with van der Waals surface area (Å²) in [6, 6.07) is 5.07. The van der Waals surface area contributed by atoms with E-state index in [0.29, 0.717) is 16.5 Å². The van der Waals surface area contributed by atoms with Gasteiger partial charge >= 0.3 is 0 Å². The summed E-state index contributed by atoms with van der Waals surface area (Å²) in [5, 5.41) is 9.38. The number of rotatable bonds is 2. The second kappa shape index (κ2) is 4.32. The van der Waals surface area contributed by atoms with Gasteiger partial charge in [-0.25, -0.2) is 5.10 Å². The summed E-state index contributed by atoms with van der Waals surface area (Å²) in [6.45, 7) is 1.82. The average Bonchev–Trinajstić information content (AvgIpc) is 2.70. The van der Waals surface area contributed by atoms with Crippen LogP contribution >= 0.6 is 11.6 Å². The van der Waals surface area contributed by atoms with Crippen LogP contribution < -0.4 is 5.32 Å². The van der Waals surface area contributed by atoms with Crippen molar-refractivity contribution >= 4 is 23.5 Å². The molecule has 0 atom stereocenters. The number of carbonyl (C=O) groups is 1. The van der Waals surface area contributed by atoms with Crippen LogP contribution in [0.15, 0.2) is 24.5 Å². The van der Waals surface area contributed by atoms with Crippen molar-refractivity contribution in [1.29, 1.82) is 0 Å². The van der Waals surface area contributed by atoms with E-state index < -0.39 is 0 Å². The second-order valence-electron chi connectivity index (χ2n) is 3.25. The van der Waals surface area contributed by atoms with Crippen molar-refractivity contribution in [3.8, 4) is 0 Å². The molecular weight excluding hydrogens is 228 g/mol. The van der Waals surface area contributed by atoms with Crippen molar-refractivity contribution in [2.45, 2.75) is 6.92 Å². The lowest BCUT2D eigenvalue weighted by Gasteiger charge is -2.05. The number of hydrogen-bond donors (Lipinski definition) is 2. The summed E-state index contributed by atoms with van der Waals surface area (Å²) < 4.78 is 0. The normalized spacial score (nSPS) is 10.1. The van der Waals surface area contributed by atoms with Gasteiger partial charge in [0, 0.05) is 10.6 Å². The molecule has 0 saturated heterocycles. The molecule has 0 spiro atoms. The zero-order valence-corrected chi connectivity index (χ0v) is 9.25. The molecule has 0 aliphatic carbocycles. The largest absolute Gasteiger partial charge is 0.291 e. The molecule has 5 nitrogen and oxygen atoms in total. The lowest BCUT2D eigenvalue weighted by atomic mass is 10.1. The first kappa shape index (κ1) is 10.6. The highest BCUT2D eigenvalue weighted by molar-refractivity contribution is 6.30. The molecule has 2 rings (SSSR count). The fraction of sp³-hybridized carbons (Fsp3) is 0.100. The third kappa shape index (κ3) is 2.20. The number of benzene rings is 1. The molecule has 0 fully saturated rings. The first-order valence-corrected chi connectivity index (χ1v) is 4.97. The summed E-state index contributed by atoms with van der Waals surface area (Å²) in [5.74, 6) is 0.0743. The molecule has 16 heavy (non-hydrogen) atoms. The van der Waals surface area contributed by atoms with Crippen molar-refractivity contribution in [3.05, 3.63) is 40.7 Å². The van der Waals surface area contributed by atoms with Crippen molar-refractivity contribution < 1.29 is 4.79 Å². The predicted molar refractivity (Wildman–Crippen MR) is 60.5 cm³/mol. The molecular formula is C10H9ClN4O. The zero-order chi connectivity index (χ0) is 11.5. The summed E-state index contributed by atoms with van der Waals surface area (Å²) in [6.07, 6.45) is 1.32. The molecule has 6 heteroatoms. The Hall–Kier alpha value is -1.88. The summed E-state index contributed by atoms with van der Waals surface area (Å²) >= 11 is 5.80. The molecule has 1 aromatic heterocycles. The Morgan fingerprint density at radius 2 is 2.31 bits per heavy atom. The summed E-state index contributed by atoms with van der Waals surface area (Å²) in [4.78, 5) is 15.6. The van der Waals surface area contributed by atoms with Gasteiger partial charge in [0.05, 0.1) is 0 Å². The molecule has 1 amide bonds. The van der Waals surface area contributed by atoms with Crippen LogP contribution in [0, 0.1) is 6.92 Å². The molecule has 2 N–H and O–H groups in total. The highest BCUT2D eigenvalue weighted by Gasteiger charge is 2.10. The molecule has 1 heterocycles. The fourth-order valence-corrected chi connectivity index (χ4v) is 1.55. The molecule has 82 valence electrons. The number of aromatic amines is 1. The summed E-state index contributed by atoms with van der Waals surface area (Å²) in [7, 11) is 0. The first-order chi connectivity index (χ1) is 7.66. The van der Waals surface area contributed by atoms with Gasteiger partial charge in [-0.1, -0.05) is 11.6 Å². The van der Waals surface area contributed by atoms with Crippen LogP contribution in [0.2, 0.25) is 5.02 Å². The van der Waals surface area contributed by atoms with Gasteiger partial charge in [0.15, 0.2) is 0 Å². The van der Waals surface area contributed by atoms with Gasteiger partial charge in [-0.05, 0) is 30.7 Å². The van der Waals surface area contributed by atoms with Crippen molar-refractivity contribution in [2.75, 3.05) is 5.32 Å². The molecule has 0 unspecified atom stereocenters. The van der Waals surface area contributed by atoms with Crippen LogP contribution in [0.5, 0.6) is 0 Å². The number of aryl methyl sites for hydroxylation is 1. The van der Waals surface area contributed by atoms with Crippen LogP contribution in [-0.4, -0.2) is 21.1 Å². The van der Waals surface area contributed by atoms with E-state index >= 15 is 0 Å². The zero-order valence-electron chi connectivity index (χ0n) is 8.49. The fourth-order valence-electron chi connectivity index (χ4n) is 1.32. The minimum absolute atomic E-state index is 0.245. The molecule has 0 aliphatic rings. The van der Waals surface area contributed by atoms with Crippen molar-refractivity contribution in [3.63, 3.8) is 0 Å². The van der Waals surface area contributed by atoms with E-state index in [0.717, 1.165) is 5.56 Å². The molecule has 0 radical (unpaired) electrons. The van der Waals surface area contributed by atoms with Crippen LogP contribution in [0.4, 0.5) is 5.95 Å². The van der Waals surface area contributed by atoms with E-state index in [1.165, 1.54) is 6.33 Å². The van der Waals surface area contributed by atoms with Crippen molar-refractivity contribution in [1.82, 2.24) is 15.2 Å². The van der Waals surface area contributed by atoms with Gasteiger partial charge in [0.1, 0.15) is 6.33 Å². The number of hydrogen-bond acceptors (Lipinski definition) is 3. The number of nitrogens with one attached hydrogen (secondary N) is 2. The van der Waals surface area contributed by atoms with Gasteiger partial charge in [-0.2, -0.15) is 10.1 Å². The lowest BCUT2D eigenvalue weighted by Crippen LogP contribution is -2.14. The van der Waals surface area contributed by atoms with Gasteiger partial charge in [0.2, 0.25) is 5.95 Å². The Balaban J connectivity index is 2.21. The van der Waals surface area contributed by atoms with E-state index in [1.54, 1.807) is 18.2 Å². The highest BCUT2D eigenvalue weighted by atomic mass is 35.5. The first-order valence-electron chi connectivity index (χ1n) is 4.59. The van der Waals surface area contributed by atoms with Crippen LogP contribution in [0.3, 0.4) is 0 Å². The molecule has 0 saturated carbocycles. The second-order valence-corrected chi connectivity index (χ2v) is 3.68. The smallest absolute Gasteiger partial charge is 0.258 e. The predicted octanol–water partition coefficient (Wildman–Crippen LogP) is 2.02. The Kier molecular flexibility index (Phi) is 2.87. The maximum Gasteiger partial charge on any atom is 0.258 e. The van der Waals surface area contributed by atoms with E-state index in [-0.39, 0.29) is 5.91 Å². The molecule has 0 aliphatic heterocycles. The van der Waals surface area contributed by atoms with E-state index in [9.17, 15) is 4.79 Å². The Morgan fingerprint density at radius 1 is 1.50 bits per heavy atom. The van der Waals surface area contributed by atoms with E-state index in [1.807, 2.05) is 6.92 Å². The van der Waals surface area contributed by atoms with E-state index in [2.05, 4.69) is 20.5 Å². The monoisotopic (exact) mass is 236 g/mol. The third-order valence-electron chi connectivity index (χ3n) is 2.08. The minimum atomic E-state index is -0.245. The van der Waals surface area contributed by atoms with Crippen LogP contribution in [0.25, 0.3) is 0 Å². The van der Waals surface area contributed by atoms with Gasteiger partial charge < -0.3 is 0 Å². The number of anilines is 1. The SMILES string of the molecule is Cc1cc(Cl)ccc1C(=O)Nc1ncn[nH]1. The van der Waals surface area contributed by atoms with Gasteiger partial charge in [-0.3, -0.25) is 10.1 Å². The van der Waals surface area contributed by atoms with Gasteiger partial charge in [0.25, 0.3) is 5.91 Å². The molecule has 2 aromatic rings. The van der Waals surface area contributed by atoms with Crippen molar-refractivity contribution in [2.24, 2.45) is 0 Å². The quantitative estimate of drug-likeness (QED) is 0.838. The van der Waals surface area contributed by atoms with E-state index in [4.69, 9.17) is 11.6 Å². The summed E-state index contributed by atoms with van der Waals surface area (Å²) in [5.41, 5.74) is 1.37. The maximum absolute atomic E-state index is 11.8. The Labute approximate surface area is 96.8 Å². The highest BCUT2D eigenvalue weighted by Crippen LogP contribution is 2.15. The number of H-pyrrole nitrogens is 1. The standard InChI is InChI=1S/C10H9ClN4O/c1-6-4-7(11)2-3-8(6)9(16)14-10-12-5-13-15-10/h2-5H,1H3,(H2,12,13,14,15,16). The number of carbonyl (C=O) groups excluding carboxylic acids is 1. The number of amides is 1.